The normalized spacial score (nSPS) is 10.3. The minimum Gasteiger partial charge on any atom is -0.468 e. The van der Waals surface area contributed by atoms with Crippen LogP contribution >= 0.6 is 0 Å². The molecule has 1 aromatic carbocycles. The number of ether oxygens (including phenoxy) is 2. The van der Waals surface area contributed by atoms with E-state index < -0.39 is 29.5 Å². The summed E-state index contributed by atoms with van der Waals surface area (Å²) in [6, 6.07) is 2.79. The van der Waals surface area contributed by atoms with Gasteiger partial charge in [0.15, 0.2) is 5.92 Å². The van der Waals surface area contributed by atoms with Gasteiger partial charge >= 0.3 is 11.9 Å². The topological polar surface area (TPSA) is 52.6 Å². The molecular formula is C12H12F2O4. The molecule has 98 valence electrons. The Bertz CT molecular complexity index is 423. The fraction of sp³-hybridized carbons (Fsp3) is 0.333. The van der Waals surface area contributed by atoms with Crippen LogP contribution in [-0.2, 0) is 25.5 Å². The van der Waals surface area contributed by atoms with Crippen molar-refractivity contribution in [3.63, 3.8) is 0 Å². The number of hydrogen-bond acceptors (Lipinski definition) is 4. The second-order valence-corrected chi connectivity index (χ2v) is 3.58. The van der Waals surface area contributed by atoms with Gasteiger partial charge in [0.05, 0.1) is 14.2 Å². The van der Waals surface area contributed by atoms with Crippen LogP contribution in [0, 0.1) is 17.6 Å². The van der Waals surface area contributed by atoms with E-state index in [1.54, 1.807) is 0 Å². The van der Waals surface area contributed by atoms with Crippen molar-refractivity contribution >= 4 is 11.9 Å². The largest absolute Gasteiger partial charge is 0.468 e. The van der Waals surface area contributed by atoms with Gasteiger partial charge in [-0.05, 0) is 24.1 Å². The summed E-state index contributed by atoms with van der Waals surface area (Å²) in [5.74, 6) is -4.42. The molecule has 0 aliphatic rings. The third-order valence-electron chi connectivity index (χ3n) is 2.33. The van der Waals surface area contributed by atoms with Crippen LogP contribution in [0.2, 0.25) is 0 Å². The summed E-state index contributed by atoms with van der Waals surface area (Å²) in [6.45, 7) is 0. The summed E-state index contributed by atoms with van der Waals surface area (Å²) in [5.41, 5.74) is 0.174. The predicted octanol–water partition coefficient (Wildman–Crippen LogP) is 1.47. The second kappa shape index (κ2) is 6.09. The molecule has 0 unspecified atom stereocenters. The molecule has 0 saturated carbocycles. The van der Waals surface area contributed by atoms with E-state index in [2.05, 4.69) is 9.47 Å². The second-order valence-electron chi connectivity index (χ2n) is 3.58. The van der Waals surface area contributed by atoms with E-state index in [1.807, 2.05) is 0 Å². The Morgan fingerprint density at radius 2 is 1.50 bits per heavy atom. The highest BCUT2D eigenvalue weighted by molar-refractivity contribution is 5.95. The van der Waals surface area contributed by atoms with Gasteiger partial charge in [-0.1, -0.05) is 0 Å². The van der Waals surface area contributed by atoms with Gasteiger partial charge in [-0.15, -0.1) is 0 Å². The molecule has 0 aliphatic heterocycles. The summed E-state index contributed by atoms with van der Waals surface area (Å²) in [7, 11) is 2.23. The molecule has 0 aliphatic carbocycles. The number of carbonyl (C=O) groups excluding carboxylic acids is 2. The van der Waals surface area contributed by atoms with Crippen LogP contribution in [-0.4, -0.2) is 26.2 Å². The van der Waals surface area contributed by atoms with Gasteiger partial charge in [-0.2, -0.15) is 0 Å². The average molecular weight is 258 g/mol. The van der Waals surface area contributed by atoms with Crippen molar-refractivity contribution in [2.24, 2.45) is 5.92 Å². The minimum absolute atomic E-state index is 0.174. The van der Waals surface area contributed by atoms with Crippen molar-refractivity contribution < 1.29 is 27.8 Å². The molecule has 0 fully saturated rings. The Balaban J connectivity index is 2.95. The number of rotatable bonds is 4. The standard InChI is InChI=1S/C12H12F2O4/c1-17-11(15)10(12(16)18-2)5-7-3-8(13)6-9(14)4-7/h3-4,6,10H,5H2,1-2H3. The van der Waals surface area contributed by atoms with Crippen LogP contribution in [0.15, 0.2) is 18.2 Å². The van der Waals surface area contributed by atoms with Crippen molar-refractivity contribution in [3.05, 3.63) is 35.4 Å². The zero-order valence-corrected chi connectivity index (χ0v) is 9.91. The van der Waals surface area contributed by atoms with E-state index in [1.165, 1.54) is 0 Å². The van der Waals surface area contributed by atoms with E-state index in [0.29, 0.717) is 6.07 Å². The first-order chi connectivity index (χ1) is 8.47. The molecule has 0 bridgehead atoms. The van der Waals surface area contributed by atoms with Crippen LogP contribution in [0.25, 0.3) is 0 Å². The minimum atomic E-state index is -1.24. The quantitative estimate of drug-likeness (QED) is 0.606. The molecule has 0 aromatic heterocycles. The monoisotopic (exact) mass is 258 g/mol. The highest BCUT2D eigenvalue weighted by Crippen LogP contribution is 2.15. The maximum Gasteiger partial charge on any atom is 0.320 e. The maximum absolute atomic E-state index is 13.0. The van der Waals surface area contributed by atoms with Crippen molar-refractivity contribution in [3.8, 4) is 0 Å². The predicted molar refractivity (Wildman–Crippen MR) is 57.6 cm³/mol. The van der Waals surface area contributed by atoms with Gasteiger partial charge in [0.1, 0.15) is 11.6 Å². The molecule has 0 spiro atoms. The molecule has 1 rings (SSSR count). The van der Waals surface area contributed by atoms with Gasteiger partial charge < -0.3 is 9.47 Å². The lowest BCUT2D eigenvalue weighted by Crippen LogP contribution is -2.28. The fourth-order valence-corrected chi connectivity index (χ4v) is 1.51. The maximum atomic E-state index is 13.0. The Morgan fingerprint density at radius 1 is 1.06 bits per heavy atom. The summed E-state index contributed by atoms with van der Waals surface area (Å²) in [6.07, 6.45) is -0.186. The van der Waals surface area contributed by atoms with Gasteiger partial charge in [0, 0.05) is 6.07 Å². The first kappa shape index (κ1) is 14.1. The SMILES string of the molecule is COC(=O)C(Cc1cc(F)cc(F)c1)C(=O)OC. The summed E-state index contributed by atoms with van der Waals surface area (Å²) in [5, 5.41) is 0. The Kier molecular flexibility index (Phi) is 4.76. The lowest BCUT2D eigenvalue weighted by molar-refractivity contribution is -0.158. The zero-order valence-electron chi connectivity index (χ0n) is 9.91. The molecule has 1 aromatic rings. The van der Waals surface area contributed by atoms with Crippen molar-refractivity contribution in [2.45, 2.75) is 6.42 Å². The number of methoxy groups -OCH3 is 2. The van der Waals surface area contributed by atoms with Crippen molar-refractivity contribution in [1.29, 1.82) is 0 Å². The van der Waals surface area contributed by atoms with Crippen molar-refractivity contribution in [1.82, 2.24) is 0 Å². The third-order valence-corrected chi connectivity index (χ3v) is 2.33. The third kappa shape index (κ3) is 3.51. The van der Waals surface area contributed by atoms with Gasteiger partial charge in [-0.3, -0.25) is 9.59 Å². The summed E-state index contributed by atoms with van der Waals surface area (Å²) in [4.78, 5) is 22.8. The van der Waals surface area contributed by atoms with Crippen LogP contribution in [0.1, 0.15) is 5.56 Å². The van der Waals surface area contributed by atoms with E-state index >= 15 is 0 Å². The fourth-order valence-electron chi connectivity index (χ4n) is 1.51. The van der Waals surface area contributed by atoms with Crippen LogP contribution in [0.3, 0.4) is 0 Å². The number of carbonyl (C=O) groups is 2. The lowest BCUT2D eigenvalue weighted by atomic mass is 9.99. The molecule has 18 heavy (non-hydrogen) atoms. The van der Waals surface area contributed by atoms with E-state index in [0.717, 1.165) is 26.4 Å². The van der Waals surface area contributed by atoms with Gasteiger partial charge in [0.25, 0.3) is 0 Å². The number of esters is 2. The van der Waals surface area contributed by atoms with Gasteiger partial charge in [0.2, 0.25) is 0 Å². The van der Waals surface area contributed by atoms with Crippen LogP contribution < -0.4 is 0 Å². The molecule has 0 heterocycles. The number of halogens is 2. The molecule has 6 heteroatoms. The van der Waals surface area contributed by atoms with E-state index in [4.69, 9.17) is 0 Å². The highest BCUT2D eigenvalue weighted by Gasteiger charge is 2.29. The smallest absolute Gasteiger partial charge is 0.320 e. The Labute approximate surface area is 103 Å². The highest BCUT2D eigenvalue weighted by atomic mass is 19.1. The molecule has 0 saturated heterocycles. The van der Waals surface area contributed by atoms with E-state index in [-0.39, 0.29) is 12.0 Å². The number of hydrogen-bond donors (Lipinski definition) is 0. The summed E-state index contributed by atoms with van der Waals surface area (Å²) < 4.78 is 34.8. The molecule has 0 radical (unpaired) electrons. The zero-order chi connectivity index (χ0) is 13.7. The van der Waals surface area contributed by atoms with Gasteiger partial charge in [-0.25, -0.2) is 8.78 Å². The molecular weight excluding hydrogens is 246 g/mol. The average Bonchev–Trinajstić information content (AvgIpc) is 2.33. The summed E-state index contributed by atoms with van der Waals surface area (Å²) >= 11 is 0. The van der Waals surface area contributed by atoms with E-state index in [9.17, 15) is 18.4 Å². The molecule has 0 atom stereocenters. The molecule has 0 N–H and O–H groups in total. The van der Waals surface area contributed by atoms with Crippen LogP contribution in [0.4, 0.5) is 8.78 Å². The molecule has 4 nitrogen and oxygen atoms in total. The number of benzene rings is 1. The lowest BCUT2D eigenvalue weighted by Gasteiger charge is -2.12. The first-order valence-corrected chi connectivity index (χ1v) is 5.08. The van der Waals surface area contributed by atoms with Crippen LogP contribution in [0.5, 0.6) is 0 Å². The molecule has 0 amide bonds. The van der Waals surface area contributed by atoms with Crippen molar-refractivity contribution in [2.75, 3.05) is 14.2 Å². The Hall–Kier alpha value is -1.98. The first-order valence-electron chi connectivity index (χ1n) is 5.08. The Morgan fingerprint density at radius 3 is 1.89 bits per heavy atom.